The third-order valence-corrected chi connectivity index (χ3v) is 5.63. The van der Waals surface area contributed by atoms with Crippen molar-refractivity contribution in [2.45, 2.75) is 49.6 Å². The molecule has 0 saturated carbocycles. The van der Waals surface area contributed by atoms with Gasteiger partial charge >= 0.3 is 0 Å². The van der Waals surface area contributed by atoms with Crippen LogP contribution in [0.5, 0.6) is 0 Å². The lowest BCUT2D eigenvalue weighted by atomic mass is 9.98. The number of carbonyl (C=O) groups is 1. The van der Waals surface area contributed by atoms with E-state index in [0.717, 1.165) is 26.0 Å². The second-order valence-corrected chi connectivity index (χ2v) is 7.55. The van der Waals surface area contributed by atoms with Gasteiger partial charge in [-0.25, -0.2) is 14.8 Å². The molecule has 1 amide bonds. The summed E-state index contributed by atoms with van der Waals surface area (Å²) in [6.45, 7) is 3.34. The van der Waals surface area contributed by atoms with E-state index in [4.69, 9.17) is 15.2 Å². The summed E-state index contributed by atoms with van der Waals surface area (Å²) in [6, 6.07) is -0.115. The maximum Gasteiger partial charge on any atom is 0.229 e. The van der Waals surface area contributed by atoms with Crippen molar-refractivity contribution in [1.82, 2.24) is 26.4 Å². The Bertz CT molecular complexity index is 508. The van der Waals surface area contributed by atoms with Crippen molar-refractivity contribution < 1.29 is 18.7 Å². The van der Waals surface area contributed by atoms with Crippen molar-refractivity contribution in [2.75, 3.05) is 39.4 Å². The smallest absolute Gasteiger partial charge is 0.229 e. The molecular formula is C16H29FN6O3. The molecule has 10 heteroatoms. The molecular weight excluding hydrogens is 343 g/mol. The largest absolute Gasteiger partial charge is 0.379 e. The van der Waals surface area contributed by atoms with Crippen LogP contribution in [0, 0.1) is 5.92 Å². The molecule has 4 saturated heterocycles. The van der Waals surface area contributed by atoms with Crippen LogP contribution < -0.4 is 27.1 Å². The summed E-state index contributed by atoms with van der Waals surface area (Å²) in [4.78, 5) is 12.9. The van der Waals surface area contributed by atoms with Crippen molar-refractivity contribution in [1.29, 1.82) is 0 Å². The van der Waals surface area contributed by atoms with E-state index in [0.29, 0.717) is 13.2 Å². The Morgan fingerprint density at radius 2 is 2.23 bits per heavy atom. The number of hydrogen-bond acceptors (Lipinski definition) is 8. The van der Waals surface area contributed by atoms with Crippen LogP contribution in [-0.4, -0.2) is 87.1 Å². The minimum atomic E-state index is -0.971. The number of fused-ring (bicyclic) bond motifs is 1. The molecule has 0 aromatic heterocycles. The Morgan fingerprint density at radius 1 is 1.35 bits per heavy atom. The first kappa shape index (κ1) is 18.5. The lowest BCUT2D eigenvalue weighted by Gasteiger charge is -2.36. The SMILES string of the molecule is NC1NN2CC(F)CNC2C1C(=O)NC1CNCCC1OC1CCOC1. The highest BCUT2D eigenvalue weighted by atomic mass is 19.1. The Labute approximate surface area is 152 Å². The van der Waals surface area contributed by atoms with Gasteiger partial charge in [0, 0.05) is 26.2 Å². The Kier molecular flexibility index (Phi) is 5.69. The van der Waals surface area contributed by atoms with E-state index in [1.54, 1.807) is 5.01 Å². The highest BCUT2D eigenvalue weighted by Gasteiger charge is 2.47. The monoisotopic (exact) mass is 372 g/mol. The molecule has 4 aliphatic heterocycles. The predicted octanol–water partition coefficient (Wildman–Crippen LogP) is -2.37. The minimum Gasteiger partial charge on any atom is -0.379 e. The lowest BCUT2D eigenvalue weighted by molar-refractivity contribution is -0.130. The van der Waals surface area contributed by atoms with Crippen LogP contribution in [0.25, 0.3) is 0 Å². The Hall–Kier alpha value is -0.880. The summed E-state index contributed by atoms with van der Waals surface area (Å²) >= 11 is 0. The third kappa shape index (κ3) is 3.86. The molecule has 7 atom stereocenters. The normalized spacial score (nSPS) is 44.0. The standard InChI is InChI=1S/C16H29FN6O3/c17-9-5-20-15-13(14(18)22-23(15)7-9)16(24)21-11-6-19-3-1-12(11)26-10-2-4-25-8-10/h9-15,19-20,22H,1-8,18H2,(H,21,24). The molecule has 0 bridgehead atoms. The zero-order valence-electron chi connectivity index (χ0n) is 14.8. The summed E-state index contributed by atoms with van der Waals surface area (Å²) in [5.74, 6) is -0.618. The average Bonchev–Trinajstić information content (AvgIpc) is 3.23. The van der Waals surface area contributed by atoms with Gasteiger partial charge in [0.25, 0.3) is 0 Å². The van der Waals surface area contributed by atoms with Gasteiger partial charge in [-0.3, -0.25) is 10.1 Å². The number of hydrogen-bond donors (Lipinski definition) is 5. The first-order valence-corrected chi connectivity index (χ1v) is 9.52. The van der Waals surface area contributed by atoms with Gasteiger partial charge in [-0.1, -0.05) is 0 Å². The zero-order chi connectivity index (χ0) is 18.1. The van der Waals surface area contributed by atoms with E-state index >= 15 is 0 Å². The molecule has 4 aliphatic rings. The number of nitrogens with one attached hydrogen (secondary N) is 4. The van der Waals surface area contributed by atoms with Gasteiger partial charge in [0.15, 0.2) is 0 Å². The van der Waals surface area contributed by atoms with Gasteiger partial charge < -0.3 is 25.8 Å². The second-order valence-electron chi connectivity index (χ2n) is 7.55. The Balaban J connectivity index is 1.37. The summed E-state index contributed by atoms with van der Waals surface area (Å²) in [6.07, 6.45) is -0.0102. The van der Waals surface area contributed by atoms with E-state index in [1.165, 1.54) is 0 Å². The van der Waals surface area contributed by atoms with Crippen LogP contribution in [0.3, 0.4) is 0 Å². The minimum absolute atomic E-state index is 0.0388. The number of amides is 1. The van der Waals surface area contributed by atoms with Crippen molar-refractivity contribution in [3.63, 3.8) is 0 Å². The number of hydrazine groups is 1. The van der Waals surface area contributed by atoms with Crippen LogP contribution in [0.1, 0.15) is 12.8 Å². The van der Waals surface area contributed by atoms with Gasteiger partial charge in [-0.05, 0) is 19.4 Å². The molecule has 4 fully saturated rings. The summed E-state index contributed by atoms with van der Waals surface area (Å²) < 4.78 is 25.1. The number of rotatable bonds is 4. The van der Waals surface area contributed by atoms with Crippen LogP contribution in [0.15, 0.2) is 0 Å². The fourth-order valence-electron chi connectivity index (χ4n) is 4.27. The van der Waals surface area contributed by atoms with Gasteiger partial charge in [0.1, 0.15) is 6.17 Å². The molecule has 0 aromatic carbocycles. The van der Waals surface area contributed by atoms with Crippen LogP contribution >= 0.6 is 0 Å². The first-order valence-electron chi connectivity index (χ1n) is 9.52. The van der Waals surface area contributed by atoms with Crippen LogP contribution in [-0.2, 0) is 14.3 Å². The maximum atomic E-state index is 13.6. The number of ether oxygens (including phenoxy) is 2. The topological polar surface area (TPSA) is 113 Å². The molecule has 7 unspecified atom stereocenters. The molecule has 26 heavy (non-hydrogen) atoms. The van der Waals surface area contributed by atoms with Crippen molar-refractivity contribution in [2.24, 2.45) is 11.7 Å². The summed E-state index contributed by atoms with van der Waals surface area (Å²) in [5.41, 5.74) is 9.13. The second kappa shape index (κ2) is 8.01. The number of nitrogens with two attached hydrogens (primary N) is 1. The number of piperidine rings is 1. The predicted molar refractivity (Wildman–Crippen MR) is 91.5 cm³/mol. The molecule has 0 aromatic rings. The van der Waals surface area contributed by atoms with Crippen molar-refractivity contribution in [3.05, 3.63) is 0 Å². The third-order valence-electron chi connectivity index (χ3n) is 5.63. The lowest BCUT2D eigenvalue weighted by Crippen LogP contribution is -2.61. The van der Waals surface area contributed by atoms with E-state index < -0.39 is 18.3 Å². The Morgan fingerprint density at radius 3 is 3.04 bits per heavy atom. The number of carbonyl (C=O) groups excluding carboxylic acids is 1. The van der Waals surface area contributed by atoms with Gasteiger partial charge in [0.05, 0.1) is 43.1 Å². The quantitative estimate of drug-likeness (QED) is 0.372. The van der Waals surface area contributed by atoms with Gasteiger partial charge in [0.2, 0.25) is 5.91 Å². The van der Waals surface area contributed by atoms with E-state index in [1.807, 2.05) is 0 Å². The molecule has 0 aliphatic carbocycles. The zero-order valence-corrected chi connectivity index (χ0v) is 14.8. The average molecular weight is 372 g/mol. The summed E-state index contributed by atoms with van der Waals surface area (Å²) in [5, 5.41) is 11.2. The van der Waals surface area contributed by atoms with Gasteiger partial charge in [-0.2, -0.15) is 0 Å². The molecule has 148 valence electrons. The van der Waals surface area contributed by atoms with E-state index in [9.17, 15) is 9.18 Å². The fraction of sp³-hybridized carbons (Fsp3) is 0.938. The molecule has 4 rings (SSSR count). The number of nitrogens with zero attached hydrogens (tertiary/aromatic N) is 1. The number of halogens is 1. The van der Waals surface area contributed by atoms with Gasteiger partial charge in [-0.15, -0.1) is 0 Å². The molecule has 6 N–H and O–H groups in total. The molecule has 0 spiro atoms. The molecule has 9 nitrogen and oxygen atoms in total. The van der Waals surface area contributed by atoms with Crippen molar-refractivity contribution >= 4 is 5.91 Å². The van der Waals surface area contributed by atoms with E-state index in [-0.39, 0.29) is 43.4 Å². The fourth-order valence-corrected chi connectivity index (χ4v) is 4.27. The summed E-state index contributed by atoms with van der Waals surface area (Å²) in [7, 11) is 0. The first-order chi connectivity index (χ1) is 12.6. The number of alkyl halides is 1. The van der Waals surface area contributed by atoms with Crippen LogP contribution in [0.2, 0.25) is 0 Å². The maximum absolute atomic E-state index is 13.6. The highest BCUT2D eigenvalue weighted by molar-refractivity contribution is 5.80. The van der Waals surface area contributed by atoms with Crippen molar-refractivity contribution in [3.8, 4) is 0 Å². The molecule has 4 heterocycles. The van der Waals surface area contributed by atoms with Crippen LogP contribution in [0.4, 0.5) is 4.39 Å². The highest BCUT2D eigenvalue weighted by Crippen LogP contribution is 2.23. The van der Waals surface area contributed by atoms with E-state index in [2.05, 4.69) is 21.4 Å². The molecule has 0 radical (unpaired) electrons.